The number of thioether (sulfide) groups is 1. The maximum absolute atomic E-state index is 12.8. The lowest BCUT2D eigenvalue weighted by Gasteiger charge is -2.18. The lowest BCUT2D eigenvalue weighted by molar-refractivity contribution is 0.101. The first-order valence-electron chi connectivity index (χ1n) is 7.06. The lowest BCUT2D eigenvalue weighted by Crippen LogP contribution is -2.14. The first kappa shape index (κ1) is 17.8. The Morgan fingerprint density at radius 1 is 1.26 bits per heavy atom. The summed E-state index contributed by atoms with van der Waals surface area (Å²) in [5.41, 5.74) is 0.997. The standard InChI is InChI=1S/C15H17F2N3OS2/c1-8(2)22-9(3)10-6-4-5-7-11(10)18-15(21)13-12(14(16)17)19-20-23-13/h4-9,14H,1-3H3,(H,18,21). The molecule has 1 heterocycles. The van der Waals surface area contributed by atoms with E-state index in [0.29, 0.717) is 22.5 Å². The number of alkyl halides is 2. The number of carbonyl (C=O) groups is 1. The van der Waals surface area contributed by atoms with Gasteiger partial charge in [0.15, 0.2) is 5.69 Å². The highest BCUT2D eigenvalue weighted by atomic mass is 32.2. The first-order valence-corrected chi connectivity index (χ1v) is 8.78. The lowest BCUT2D eigenvalue weighted by atomic mass is 10.1. The molecule has 1 aromatic heterocycles. The Bertz CT molecular complexity index is 676. The van der Waals surface area contributed by atoms with E-state index in [9.17, 15) is 13.6 Å². The van der Waals surface area contributed by atoms with Crippen molar-refractivity contribution in [2.24, 2.45) is 0 Å². The Labute approximate surface area is 141 Å². The van der Waals surface area contributed by atoms with Gasteiger partial charge in [0.05, 0.1) is 0 Å². The highest BCUT2D eigenvalue weighted by Gasteiger charge is 2.24. The Morgan fingerprint density at radius 3 is 2.61 bits per heavy atom. The zero-order valence-corrected chi connectivity index (χ0v) is 14.5. The van der Waals surface area contributed by atoms with Gasteiger partial charge in [-0.3, -0.25) is 4.79 Å². The van der Waals surface area contributed by atoms with Gasteiger partial charge in [-0.25, -0.2) is 8.78 Å². The van der Waals surface area contributed by atoms with Crippen molar-refractivity contribution in [3.05, 3.63) is 40.4 Å². The topological polar surface area (TPSA) is 54.9 Å². The summed E-state index contributed by atoms with van der Waals surface area (Å²) in [6, 6.07) is 7.38. The molecule has 1 unspecified atom stereocenters. The largest absolute Gasteiger partial charge is 0.321 e. The Balaban J connectivity index is 2.23. The molecule has 124 valence electrons. The van der Waals surface area contributed by atoms with Gasteiger partial charge < -0.3 is 5.32 Å². The fourth-order valence-electron chi connectivity index (χ4n) is 2.12. The highest BCUT2D eigenvalue weighted by molar-refractivity contribution is 8.00. The number of aromatic nitrogens is 2. The number of hydrogen-bond acceptors (Lipinski definition) is 5. The van der Waals surface area contributed by atoms with Gasteiger partial charge in [-0.15, -0.1) is 5.10 Å². The van der Waals surface area contributed by atoms with Crippen LogP contribution in [0.5, 0.6) is 0 Å². The second-order valence-electron chi connectivity index (χ2n) is 5.16. The SMILES string of the molecule is CC(C)SC(C)c1ccccc1NC(=O)c1snnc1C(F)F. The number of amides is 1. The molecule has 1 amide bonds. The summed E-state index contributed by atoms with van der Waals surface area (Å²) in [6.45, 7) is 6.25. The predicted octanol–water partition coefficient (Wildman–Crippen LogP) is 4.93. The first-order chi connectivity index (χ1) is 10.9. The van der Waals surface area contributed by atoms with Crippen molar-refractivity contribution >= 4 is 34.9 Å². The summed E-state index contributed by atoms with van der Waals surface area (Å²) in [6.07, 6.45) is -2.82. The molecule has 2 aromatic rings. The molecule has 4 nitrogen and oxygen atoms in total. The Morgan fingerprint density at radius 2 is 1.96 bits per heavy atom. The summed E-state index contributed by atoms with van der Waals surface area (Å²) in [5.74, 6) is -0.607. The molecule has 0 bridgehead atoms. The molecule has 0 saturated carbocycles. The van der Waals surface area contributed by atoms with Crippen LogP contribution >= 0.6 is 23.3 Å². The molecule has 0 radical (unpaired) electrons. The number of hydrogen-bond donors (Lipinski definition) is 1. The van der Waals surface area contributed by atoms with E-state index in [2.05, 4.69) is 35.7 Å². The molecule has 23 heavy (non-hydrogen) atoms. The minimum absolute atomic E-state index is 0.154. The molecule has 0 aliphatic carbocycles. The van der Waals surface area contributed by atoms with Gasteiger partial charge in [-0.1, -0.05) is 36.5 Å². The second-order valence-corrected chi connectivity index (χ2v) is 7.83. The average Bonchev–Trinajstić information content (AvgIpc) is 2.96. The monoisotopic (exact) mass is 357 g/mol. The van der Waals surface area contributed by atoms with Crippen LogP contribution in [0.25, 0.3) is 0 Å². The van der Waals surface area contributed by atoms with E-state index < -0.39 is 18.0 Å². The smallest absolute Gasteiger partial charge is 0.283 e. The maximum Gasteiger partial charge on any atom is 0.283 e. The van der Waals surface area contributed by atoms with Crippen molar-refractivity contribution in [3.63, 3.8) is 0 Å². The highest BCUT2D eigenvalue weighted by Crippen LogP contribution is 2.36. The van der Waals surface area contributed by atoms with Crippen LogP contribution in [0.2, 0.25) is 0 Å². The van der Waals surface area contributed by atoms with E-state index in [1.807, 2.05) is 12.1 Å². The molecule has 0 saturated heterocycles. The van der Waals surface area contributed by atoms with E-state index in [0.717, 1.165) is 5.56 Å². The van der Waals surface area contributed by atoms with Crippen molar-refractivity contribution in [1.29, 1.82) is 0 Å². The molecule has 1 N–H and O–H groups in total. The van der Waals surface area contributed by atoms with Crippen molar-refractivity contribution in [1.82, 2.24) is 9.59 Å². The van der Waals surface area contributed by atoms with Gasteiger partial charge in [-0.05, 0) is 35.3 Å². The quantitative estimate of drug-likeness (QED) is 0.796. The zero-order valence-electron chi connectivity index (χ0n) is 12.9. The molecule has 1 aromatic carbocycles. The van der Waals surface area contributed by atoms with Crippen LogP contribution in [-0.4, -0.2) is 20.7 Å². The van der Waals surface area contributed by atoms with Gasteiger partial charge in [0.2, 0.25) is 0 Å². The number of anilines is 1. The third-order valence-electron chi connectivity index (χ3n) is 3.05. The number of nitrogens with one attached hydrogen (secondary N) is 1. The number of carbonyl (C=O) groups excluding carboxylic acids is 1. The van der Waals surface area contributed by atoms with Gasteiger partial charge >= 0.3 is 0 Å². The van der Waals surface area contributed by atoms with E-state index in [4.69, 9.17) is 0 Å². The molecule has 0 spiro atoms. The Kier molecular flexibility index (Phi) is 6.06. The van der Waals surface area contributed by atoms with Crippen LogP contribution in [0, 0.1) is 0 Å². The van der Waals surface area contributed by atoms with E-state index in [-0.39, 0.29) is 10.1 Å². The third-order valence-corrected chi connectivity index (χ3v) is 5.00. The summed E-state index contributed by atoms with van der Waals surface area (Å²) in [4.78, 5) is 12.1. The summed E-state index contributed by atoms with van der Waals surface area (Å²) >= 11 is 2.43. The number of nitrogens with zero attached hydrogens (tertiary/aromatic N) is 2. The zero-order chi connectivity index (χ0) is 17.0. The van der Waals surface area contributed by atoms with E-state index in [1.165, 1.54) is 0 Å². The van der Waals surface area contributed by atoms with Gasteiger partial charge in [-0.2, -0.15) is 11.8 Å². The second kappa shape index (κ2) is 7.83. The third kappa shape index (κ3) is 4.48. The van der Waals surface area contributed by atoms with Crippen LogP contribution in [0.3, 0.4) is 0 Å². The van der Waals surface area contributed by atoms with Gasteiger partial charge in [0.25, 0.3) is 12.3 Å². The number of para-hydroxylation sites is 1. The molecule has 2 rings (SSSR count). The van der Waals surface area contributed by atoms with Crippen molar-refractivity contribution in [3.8, 4) is 0 Å². The molecule has 0 fully saturated rings. The number of rotatable bonds is 6. The van der Waals surface area contributed by atoms with E-state index >= 15 is 0 Å². The molecule has 0 aliphatic heterocycles. The fraction of sp³-hybridized carbons (Fsp3) is 0.400. The average molecular weight is 357 g/mol. The van der Waals surface area contributed by atoms with Crippen LogP contribution in [0.4, 0.5) is 14.5 Å². The van der Waals surface area contributed by atoms with Crippen LogP contribution in [0.15, 0.2) is 24.3 Å². The van der Waals surface area contributed by atoms with Crippen LogP contribution < -0.4 is 5.32 Å². The predicted molar refractivity (Wildman–Crippen MR) is 90.4 cm³/mol. The van der Waals surface area contributed by atoms with E-state index in [1.54, 1.807) is 23.9 Å². The minimum Gasteiger partial charge on any atom is -0.321 e. The Hall–Kier alpha value is -1.54. The molecular formula is C15H17F2N3OS2. The molecular weight excluding hydrogens is 340 g/mol. The molecule has 0 aliphatic rings. The fourth-order valence-corrected chi connectivity index (χ4v) is 3.86. The summed E-state index contributed by atoms with van der Waals surface area (Å²) in [5, 5.41) is 6.64. The van der Waals surface area contributed by atoms with Crippen LogP contribution in [0.1, 0.15) is 53.4 Å². The molecule has 8 heteroatoms. The number of benzene rings is 1. The normalized spacial score (nSPS) is 12.7. The maximum atomic E-state index is 12.8. The van der Waals surface area contributed by atoms with Crippen LogP contribution in [-0.2, 0) is 0 Å². The van der Waals surface area contributed by atoms with Crippen molar-refractivity contribution in [2.45, 2.75) is 37.7 Å². The van der Waals surface area contributed by atoms with Gasteiger partial charge in [0, 0.05) is 10.9 Å². The minimum atomic E-state index is -2.82. The van der Waals surface area contributed by atoms with Gasteiger partial charge in [0.1, 0.15) is 4.88 Å². The van der Waals surface area contributed by atoms with Crippen molar-refractivity contribution < 1.29 is 13.6 Å². The summed E-state index contributed by atoms with van der Waals surface area (Å²) < 4.78 is 29.1. The summed E-state index contributed by atoms with van der Waals surface area (Å²) in [7, 11) is 0. The number of halogens is 2. The molecule has 1 atom stereocenters. The van der Waals surface area contributed by atoms with Crippen molar-refractivity contribution in [2.75, 3.05) is 5.32 Å².